The van der Waals surface area contributed by atoms with E-state index in [4.69, 9.17) is 21.1 Å². The summed E-state index contributed by atoms with van der Waals surface area (Å²) >= 11 is 6.08. The summed E-state index contributed by atoms with van der Waals surface area (Å²) in [6.07, 6.45) is 1.66. The second kappa shape index (κ2) is 4.86. The van der Waals surface area contributed by atoms with E-state index in [9.17, 15) is 0 Å². The Labute approximate surface area is 98.6 Å². The lowest BCUT2D eigenvalue weighted by atomic mass is 10.3. The molecule has 0 spiro atoms. The molecule has 0 bridgehead atoms. The van der Waals surface area contributed by atoms with Gasteiger partial charge in [0.2, 0.25) is 5.88 Å². The average molecular weight is 236 g/mol. The third-order valence-corrected chi connectivity index (χ3v) is 2.37. The molecule has 0 aliphatic rings. The molecule has 1 aromatic carbocycles. The Hall–Kier alpha value is -1.74. The van der Waals surface area contributed by atoms with Gasteiger partial charge < -0.3 is 9.47 Å². The van der Waals surface area contributed by atoms with Crippen LogP contribution >= 0.6 is 11.6 Å². The largest absolute Gasteiger partial charge is 0.495 e. The van der Waals surface area contributed by atoms with Gasteiger partial charge in [-0.25, -0.2) is 4.98 Å². The molecule has 0 radical (unpaired) electrons. The second-order valence-electron chi connectivity index (χ2n) is 3.04. The number of pyridine rings is 1. The van der Waals surface area contributed by atoms with Gasteiger partial charge in [0, 0.05) is 12.3 Å². The highest BCUT2D eigenvalue weighted by Crippen LogP contribution is 2.35. The van der Waals surface area contributed by atoms with Crippen molar-refractivity contribution >= 4 is 11.6 Å². The molecule has 4 heteroatoms. The van der Waals surface area contributed by atoms with E-state index in [2.05, 4.69) is 4.98 Å². The topological polar surface area (TPSA) is 31.4 Å². The molecule has 2 rings (SSSR count). The van der Waals surface area contributed by atoms with Gasteiger partial charge in [-0.15, -0.1) is 0 Å². The van der Waals surface area contributed by atoms with Gasteiger partial charge in [-0.2, -0.15) is 0 Å². The Morgan fingerprint density at radius 3 is 2.56 bits per heavy atom. The zero-order chi connectivity index (χ0) is 11.4. The van der Waals surface area contributed by atoms with Gasteiger partial charge in [0.25, 0.3) is 0 Å². The van der Waals surface area contributed by atoms with Crippen LogP contribution in [0.4, 0.5) is 0 Å². The molecule has 0 fully saturated rings. The van der Waals surface area contributed by atoms with Crippen molar-refractivity contribution in [3.63, 3.8) is 0 Å². The molecule has 0 atom stereocenters. The summed E-state index contributed by atoms with van der Waals surface area (Å²) < 4.78 is 10.6. The highest BCUT2D eigenvalue weighted by Gasteiger charge is 2.08. The van der Waals surface area contributed by atoms with Gasteiger partial charge in [0.05, 0.1) is 7.11 Å². The second-order valence-corrected chi connectivity index (χ2v) is 3.42. The highest BCUT2D eigenvalue weighted by atomic mass is 35.5. The third-order valence-electron chi connectivity index (χ3n) is 2.00. The summed E-state index contributed by atoms with van der Waals surface area (Å²) in [4.78, 5) is 4.05. The normalized spacial score (nSPS) is 9.88. The molecule has 1 heterocycles. The number of aromatic nitrogens is 1. The zero-order valence-corrected chi connectivity index (χ0v) is 9.44. The van der Waals surface area contributed by atoms with Crippen molar-refractivity contribution in [2.45, 2.75) is 0 Å². The fourth-order valence-electron chi connectivity index (χ4n) is 1.25. The van der Waals surface area contributed by atoms with Crippen LogP contribution in [0, 0.1) is 0 Å². The fourth-order valence-corrected chi connectivity index (χ4v) is 1.49. The highest BCUT2D eigenvalue weighted by molar-refractivity contribution is 6.33. The Morgan fingerprint density at radius 1 is 1.06 bits per heavy atom. The maximum absolute atomic E-state index is 6.08. The summed E-state index contributed by atoms with van der Waals surface area (Å²) in [7, 11) is 1.56. The summed E-state index contributed by atoms with van der Waals surface area (Å²) in [5.41, 5.74) is 0. The van der Waals surface area contributed by atoms with Crippen molar-refractivity contribution in [2.75, 3.05) is 7.11 Å². The van der Waals surface area contributed by atoms with E-state index in [1.54, 1.807) is 31.5 Å². The first-order valence-electron chi connectivity index (χ1n) is 4.72. The van der Waals surface area contributed by atoms with Gasteiger partial charge in [0.15, 0.2) is 5.75 Å². The van der Waals surface area contributed by atoms with Crippen LogP contribution in [0.1, 0.15) is 0 Å². The number of halogens is 1. The van der Waals surface area contributed by atoms with Gasteiger partial charge in [-0.05, 0) is 18.2 Å². The fraction of sp³-hybridized carbons (Fsp3) is 0.0833. The first kappa shape index (κ1) is 10.8. The van der Waals surface area contributed by atoms with Crippen LogP contribution in [0.2, 0.25) is 5.02 Å². The molecule has 2 aromatic rings. The Kier molecular flexibility index (Phi) is 3.27. The predicted molar refractivity (Wildman–Crippen MR) is 62.3 cm³/mol. The minimum atomic E-state index is 0.440. The number of nitrogens with zero attached hydrogens (tertiary/aromatic N) is 1. The molecule has 1 aromatic heterocycles. The van der Waals surface area contributed by atoms with E-state index >= 15 is 0 Å². The van der Waals surface area contributed by atoms with Gasteiger partial charge in [-0.3, -0.25) is 0 Å². The molecule has 0 N–H and O–H groups in total. The van der Waals surface area contributed by atoms with Crippen molar-refractivity contribution in [1.82, 2.24) is 4.98 Å². The van der Waals surface area contributed by atoms with E-state index in [-0.39, 0.29) is 0 Å². The first-order valence-corrected chi connectivity index (χ1v) is 5.10. The van der Waals surface area contributed by atoms with Crippen molar-refractivity contribution in [2.24, 2.45) is 0 Å². The molecule has 0 amide bonds. The first-order chi connectivity index (χ1) is 7.81. The lowest BCUT2D eigenvalue weighted by molar-refractivity contribution is 0.407. The van der Waals surface area contributed by atoms with Crippen LogP contribution < -0.4 is 9.47 Å². The number of hydrogen-bond donors (Lipinski definition) is 0. The number of benzene rings is 1. The summed E-state index contributed by atoms with van der Waals surface area (Å²) in [6, 6.07) is 10.8. The Bertz CT molecular complexity index is 474. The summed E-state index contributed by atoms with van der Waals surface area (Å²) in [5.74, 6) is 1.60. The van der Waals surface area contributed by atoms with Crippen molar-refractivity contribution < 1.29 is 9.47 Å². The third kappa shape index (κ3) is 2.25. The van der Waals surface area contributed by atoms with Crippen LogP contribution in [0.5, 0.6) is 17.4 Å². The van der Waals surface area contributed by atoms with E-state index in [0.29, 0.717) is 22.4 Å². The monoisotopic (exact) mass is 235 g/mol. The zero-order valence-electron chi connectivity index (χ0n) is 8.68. The minimum absolute atomic E-state index is 0.440. The lowest BCUT2D eigenvalue weighted by Crippen LogP contribution is -1.90. The molecular weight excluding hydrogens is 226 g/mol. The Balaban J connectivity index is 2.28. The molecular formula is C12H10ClNO2. The van der Waals surface area contributed by atoms with E-state index in [1.165, 1.54) is 0 Å². The molecule has 0 saturated heterocycles. The average Bonchev–Trinajstić information content (AvgIpc) is 2.33. The smallest absolute Gasteiger partial charge is 0.219 e. The lowest BCUT2D eigenvalue weighted by Gasteiger charge is -2.08. The van der Waals surface area contributed by atoms with E-state index in [1.807, 2.05) is 18.2 Å². The number of methoxy groups -OCH3 is 1. The molecule has 16 heavy (non-hydrogen) atoms. The van der Waals surface area contributed by atoms with Crippen molar-refractivity contribution in [3.05, 3.63) is 47.6 Å². The molecule has 3 nitrogen and oxygen atoms in total. The SMILES string of the molecule is COc1cccc(Oc2ccccn2)c1Cl. The maximum Gasteiger partial charge on any atom is 0.219 e. The molecule has 0 aliphatic carbocycles. The summed E-state index contributed by atoms with van der Waals surface area (Å²) in [5, 5.41) is 0.440. The van der Waals surface area contributed by atoms with Crippen LogP contribution in [0.25, 0.3) is 0 Å². The maximum atomic E-state index is 6.08. The van der Waals surface area contributed by atoms with Crippen LogP contribution in [0.3, 0.4) is 0 Å². The van der Waals surface area contributed by atoms with Crippen molar-refractivity contribution in [3.8, 4) is 17.4 Å². The summed E-state index contributed by atoms with van der Waals surface area (Å²) in [6.45, 7) is 0. The van der Waals surface area contributed by atoms with Crippen molar-refractivity contribution in [1.29, 1.82) is 0 Å². The number of hydrogen-bond acceptors (Lipinski definition) is 3. The van der Waals surface area contributed by atoms with Crippen LogP contribution in [0.15, 0.2) is 42.6 Å². The van der Waals surface area contributed by atoms with Gasteiger partial charge in [0.1, 0.15) is 10.8 Å². The standard InChI is InChI=1S/C12H10ClNO2/c1-15-9-5-4-6-10(12(9)13)16-11-7-2-3-8-14-11/h2-8H,1H3. The number of rotatable bonds is 3. The predicted octanol–water partition coefficient (Wildman–Crippen LogP) is 3.54. The molecule has 0 saturated carbocycles. The Morgan fingerprint density at radius 2 is 1.88 bits per heavy atom. The van der Waals surface area contributed by atoms with Gasteiger partial charge >= 0.3 is 0 Å². The molecule has 0 aliphatic heterocycles. The van der Waals surface area contributed by atoms with E-state index in [0.717, 1.165) is 0 Å². The minimum Gasteiger partial charge on any atom is -0.495 e. The van der Waals surface area contributed by atoms with Gasteiger partial charge in [-0.1, -0.05) is 23.7 Å². The van der Waals surface area contributed by atoms with Crippen LogP contribution in [-0.2, 0) is 0 Å². The van der Waals surface area contributed by atoms with E-state index < -0.39 is 0 Å². The number of ether oxygens (including phenoxy) is 2. The quantitative estimate of drug-likeness (QED) is 0.816. The van der Waals surface area contributed by atoms with Crippen LogP contribution in [-0.4, -0.2) is 12.1 Å². The molecule has 82 valence electrons. The molecule has 0 unspecified atom stereocenters.